The molecule has 0 spiro atoms. The molecule has 0 saturated heterocycles. The molecule has 0 saturated carbocycles. The van der Waals surface area contributed by atoms with Crippen LogP contribution >= 0.6 is 9.24 Å². The van der Waals surface area contributed by atoms with Crippen molar-refractivity contribution in [3.8, 4) is 44.5 Å². The first-order chi connectivity index (χ1) is 17.3. The first-order valence-corrected chi connectivity index (χ1v) is 12.4. The van der Waals surface area contributed by atoms with Crippen molar-refractivity contribution in [3.63, 3.8) is 0 Å². The predicted octanol–water partition coefficient (Wildman–Crippen LogP) is 8.98. The molecule has 0 N–H and O–H groups in total. The van der Waals surface area contributed by atoms with E-state index in [2.05, 4.69) is 131 Å². The normalized spacial score (nSPS) is 10.1. The molecule has 0 aliphatic carbocycles. The number of hydrogen-bond acceptors (Lipinski definition) is 0. The molecule has 6 aromatic rings. The minimum Gasteiger partial charge on any atom is -0.214 e. The van der Waals surface area contributed by atoms with E-state index in [1.54, 1.807) is 0 Å². The molecule has 0 aromatic heterocycles. The zero-order valence-electron chi connectivity index (χ0n) is 19.9. The van der Waals surface area contributed by atoms with Gasteiger partial charge in [-0.2, -0.15) is 18.2 Å². The van der Waals surface area contributed by atoms with Gasteiger partial charge in [-0.25, -0.2) is 12.1 Å². The molecule has 0 nitrogen and oxygen atoms in total. The Morgan fingerprint density at radius 2 is 0.889 bits per heavy atom. The van der Waals surface area contributed by atoms with Gasteiger partial charge in [0.1, 0.15) is 0 Å². The van der Waals surface area contributed by atoms with E-state index in [0.717, 1.165) is 0 Å². The van der Waals surface area contributed by atoms with Gasteiger partial charge in [-0.3, -0.25) is 0 Å². The molecule has 0 heterocycles. The van der Waals surface area contributed by atoms with E-state index in [9.17, 15) is 0 Å². The standard InChI is InChI=1S/C29H22P.C5H5.Fe/c30-29-27(23-17-9-3-10-18-23)25(21-13-5-1-6-14-21)26(22-15-7-2-8-16-22)28(29)24-19-11-4-12-20-24;1-2-4-5-3-1;/h1-20H,30H2;1-5H;/q2*-1;+2. The van der Waals surface area contributed by atoms with E-state index in [-0.39, 0.29) is 17.1 Å². The molecule has 176 valence electrons. The third kappa shape index (κ3) is 5.51. The summed E-state index contributed by atoms with van der Waals surface area (Å²) in [5.41, 5.74) is 10.1. The topological polar surface area (TPSA) is 0 Å². The Morgan fingerprint density at radius 1 is 0.472 bits per heavy atom. The Kier molecular flexibility index (Phi) is 8.88. The molecule has 6 aromatic carbocycles. The van der Waals surface area contributed by atoms with Crippen molar-refractivity contribution in [1.29, 1.82) is 0 Å². The van der Waals surface area contributed by atoms with Crippen LogP contribution in [0.25, 0.3) is 44.5 Å². The van der Waals surface area contributed by atoms with Crippen LogP contribution in [0.3, 0.4) is 0 Å². The van der Waals surface area contributed by atoms with E-state index in [1.165, 1.54) is 49.8 Å². The molecule has 0 radical (unpaired) electrons. The van der Waals surface area contributed by atoms with Crippen LogP contribution in [0.4, 0.5) is 0 Å². The second-order valence-electron chi connectivity index (χ2n) is 8.34. The Hall–Kier alpha value is -3.47. The van der Waals surface area contributed by atoms with Crippen molar-refractivity contribution < 1.29 is 17.1 Å². The van der Waals surface area contributed by atoms with Gasteiger partial charge in [-0.05, 0) is 5.56 Å². The Labute approximate surface area is 227 Å². The summed E-state index contributed by atoms with van der Waals surface area (Å²) in [6, 6.07) is 53.0. The van der Waals surface area contributed by atoms with Crippen LogP contribution in [0.2, 0.25) is 0 Å². The molecule has 0 aliphatic rings. The monoisotopic (exact) mass is 522 g/mol. The van der Waals surface area contributed by atoms with E-state index in [4.69, 9.17) is 0 Å². The summed E-state index contributed by atoms with van der Waals surface area (Å²) >= 11 is 0. The maximum atomic E-state index is 3.05. The quantitative estimate of drug-likeness (QED) is 0.123. The van der Waals surface area contributed by atoms with Gasteiger partial charge < -0.3 is 0 Å². The van der Waals surface area contributed by atoms with Crippen molar-refractivity contribution in [2.45, 2.75) is 0 Å². The number of benzene rings is 4. The van der Waals surface area contributed by atoms with Crippen LogP contribution in [-0.2, 0) is 17.1 Å². The van der Waals surface area contributed by atoms with Crippen LogP contribution in [-0.4, -0.2) is 0 Å². The Bertz CT molecular complexity index is 1330. The van der Waals surface area contributed by atoms with Crippen molar-refractivity contribution in [2.24, 2.45) is 0 Å². The molecular weight excluding hydrogens is 495 g/mol. The predicted molar refractivity (Wildman–Crippen MR) is 155 cm³/mol. The van der Waals surface area contributed by atoms with Crippen molar-refractivity contribution in [3.05, 3.63) is 152 Å². The van der Waals surface area contributed by atoms with Crippen LogP contribution in [0.15, 0.2) is 152 Å². The van der Waals surface area contributed by atoms with Gasteiger partial charge in [0.2, 0.25) is 0 Å². The first-order valence-electron chi connectivity index (χ1n) is 11.8. The third-order valence-corrected chi connectivity index (χ3v) is 6.67. The van der Waals surface area contributed by atoms with Crippen LogP contribution in [0.1, 0.15) is 0 Å². The van der Waals surface area contributed by atoms with Gasteiger partial charge in [0.15, 0.2) is 0 Å². The summed E-state index contributed by atoms with van der Waals surface area (Å²) in [5.74, 6) is 0. The first kappa shape index (κ1) is 25.6. The molecule has 6 rings (SSSR count). The van der Waals surface area contributed by atoms with Crippen LogP contribution in [0, 0.1) is 0 Å². The van der Waals surface area contributed by atoms with Gasteiger partial charge >= 0.3 is 17.1 Å². The van der Waals surface area contributed by atoms with Crippen molar-refractivity contribution in [2.75, 3.05) is 0 Å². The van der Waals surface area contributed by atoms with Gasteiger partial charge in [-0.1, -0.05) is 166 Å². The largest absolute Gasteiger partial charge is 2.00 e. The average molecular weight is 522 g/mol. The van der Waals surface area contributed by atoms with Crippen LogP contribution < -0.4 is 5.30 Å². The zero-order chi connectivity index (χ0) is 23.9. The Balaban J connectivity index is 0.000000455. The molecule has 2 heteroatoms. The smallest absolute Gasteiger partial charge is 0.214 e. The van der Waals surface area contributed by atoms with E-state index < -0.39 is 0 Å². The number of rotatable bonds is 4. The molecule has 0 aliphatic heterocycles. The molecule has 1 unspecified atom stereocenters. The molecule has 1 atom stereocenters. The fourth-order valence-electron chi connectivity index (χ4n) is 4.56. The van der Waals surface area contributed by atoms with Gasteiger partial charge in [0.05, 0.1) is 0 Å². The second-order valence-corrected chi connectivity index (χ2v) is 8.92. The number of hydrogen-bond donors (Lipinski definition) is 0. The van der Waals surface area contributed by atoms with E-state index in [1.807, 2.05) is 30.3 Å². The molecule has 0 bridgehead atoms. The Morgan fingerprint density at radius 3 is 1.33 bits per heavy atom. The van der Waals surface area contributed by atoms with Gasteiger partial charge in [0, 0.05) is 0 Å². The summed E-state index contributed by atoms with van der Waals surface area (Å²) in [4.78, 5) is 0. The van der Waals surface area contributed by atoms with Gasteiger partial charge in [0.25, 0.3) is 0 Å². The summed E-state index contributed by atoms with van der Waals surface area (Å²) in [6.07, 6.45) is 0. The minimum atomic E-state index is 0. The molecule has 0 amide bonds. The van der Waals surface area contributed by atoms with E-state index >= 15 is 0 Å². The fraction of sp³-hybridized carbons (Fsp3) is 0. The van der Waals surface area contributed by atoms with Crippen molar-refractivity contribution >= 4 is 14.5 Å². The summed E-state index contributed by atoms with van der Waals surface area (Å²) in [6.45, 7) is 0. The fourth-order valence-corrected chi connectivity index (χ4v) is 5.18. The van der Waals surface area contributed by atoms with E-state index in [0.29, 0.717) is 0 Å². The SMILES string of the molecule is Pc1c(-c2ccccc2)c(-c2ccccc2)[c-](-c2ccccc2)c1-c1ccccc1.[Fe+2].c1cc[cH-]c1. The van der Waals surface area contributed by atoms with Crippen LogP contribution in [0.5, 0.6) is 0 Å². The summed E-state index contributed by atoms with van der Waals surface area (Å²) in [7, 11) is 3.05. The third-order valence-electron chi connectivity index (χ3n) is 6.09. The average Bonchev–Trinajstić information content (AvgIpc) is 3.61. The maximum Gasteiger partial charge on any atom is 2.00 e. The second kappa shape index (κ2) is 12.5. The van der Waals surface area contributed by atoms with Crippen molar-refractivity contribution in [1.82, 2.24) is 0 Å². The maximum absolute atomic E-state index is 3.05. The summed E-state index contributed by atoms with van der Waals surface area (Å²) in [5, 5.41) is 1.24. The molecule has 0 fully saturated rings. The summed E-state index contributed by atoms with van der Waals surface area (Å²) < 4.78 is 0. The molecule has 36 heavy (non-hydrogen) atoms. The zero-order valence-corrected chi connectivity index (χ0v) is 22.1. The minimum absolute atomic E-state index is 0. The molecular formula is C34H27FeP. The van der Waals surface area contributed by atoms with Gasteiger partial charge in [-0.15, -0.1) is 9.24 Å².